The number of amides is 1. The van der Waals surface area contributed by atoms with Crippen LogP contribution in [0.1, 0.15) is 13.3 Å². The van der Waals surface area contributed by atoms with Crippen molar-refractivity contribution in [2.75, 3.05) is 49.5 Å². The third kappa shape index (κ3) is 4.50. The van der Waals surface area contributed by atoms with Crippen molar-refractivity contribution in [3.63, 3.8) is 0 Å². The second kappa shape index (κ2) is 7.43. The van der Waals surface area contributed by atoms with Crippen LogP contribution in [0.5, 0.6) is 0 Å². The molecule has 112 valence electrons. The highest BCUT2D eigenvalue weighted by molar-refractivity contribution is 5.80. The largest absolute Gasteiger partial charge is 0.355 e. The summed E-state index contributed by atoms with van der Waals surface area (Å²) in [5.74, 6) is 6.35. The molecule has 0 atom stereocenters. The van der Waals surface area contributed by atoms with E-state index in [1.807, 2.05) is 21.0 Å². The second-order valence-electron chi connectivity index (χ2n) is 4.50. The zero-order valence-electron chi connectivity index (χ0n) is 12.3. The molecule has 0 radical (unpaired) electrons. The van der Waals surface area contributed by atoms with E-state index in [4.69, 9.17) is 5.84 Å². The van der Waals surface area contributed by atoms with Gasteiger partial charge in [0.05, 0.1) is 6.54 Å². The van der Waals surface area contributed by atoms with Crippen LogP contribution in [-0.4, -0.2) is 55.1 Å². The number of nitrogens with two attached hydrogens (primary N) is 1. The number of hydrazine groups is 1. The maximum atomic E-state index is 11.7. The smallest absolute Gasteiger partial charge is 0.243 e. The number of hydrogen-bond acceptors (Lipinski definition) is 8. The molecule has 0 saturated heterocycles. The SMILES string of the molecule is CCCNC(=O)CN(C)c1nc(NN)nc(N(C)C)n1. The summed E-state index contributed by atoms with van der Waals surface area (Å²) < 4.78 is 0. The number of carbonyl (C=O) groups is 1. The fourth-order valence-corrected chi connectivity index (χ4v) is 1.40. The summed E-state index contributed by atoms with van der Waals surface area (Å²) in [6, 6.07) is 0. The number of aromatic nitrogens is 3. The van der Waals surface area contributed by atoms with Crippen molar-refractivity contribution in [2.24, 2.45) is 5.84 Å². The van der Waals surface area contributed by atoms with Gasteiger partial charge in [-0.2, -0.15) is 15.0 Å². The molecule has 0 bridgehead atoms. The number of rotatable bonds is 7. The van der Waals surface area contributed by atoms with E-state index in [0.717, 1.165) is 6.42 Å². The molecular weight excluding hydrogens is 260 g/mol. The van der Waals surface area contributed by atoms with Crippen molar-refractivity contribution in [1.82, 2.24) is 20.3 Å². The molecule has 0 aliphatic carbocycles. The van der Waals surface area contributed by atoms with Gasteiger partial charge in [-0.1, -0.05) is 6.92 Å². The number of nitrogens with zero attached hydrogens (tertiary/aromatic N) is 5. The summed E-state index contributed by atoms with van der Waals surface area (Å²) >= 11 is 0. The Labute approximate surface area is 118 Å². The normalized spacial score (nSPS) is 10.1. The minimum atomic E-state index is -0.0802. The zero-order valence-corrected chi connectivity index (χ0v) is 12.3. The summed E-state index contributed by atoms with van der Waals surface area (Å²) in [4.78, 5) is 27.6. The van der Waals surface area contributed by atoms with Gasteiger partial charge in [-0.05, 0) is 6.42 Å². The van der Waals surface area contributed by atoms with Gasteiger partial charge in [0.2, 0.25) is 23.8 Å². The highest BCUT2D eigenvalue weighted by Gasteiger charge is 2.13. The van der Waals surface area contributed by atoms with E-state index < -0.39 is 0 Å². The van der Waals surface area contributed by atoms with E-state index in [1.54, 1.807) is 16.8 Å². The first-order chi connectivity index (χ1) is 9.47. The Kier molecular flexibility index (Phi) is 5.91. The van der Waals surface area contributed by atoms with Crippen LogP contribution in [0.4, 0.5) is 17.8 Å². The average molecular weight is 282 g/mol. The van der Waals surface area contributed by atoms with Crippen LogP contribution >= 0.6 is 0 Å². The first-order valence-corrected chi connectivity index (χ1v) is 6.35. The van der Waals surface area contributed by atoms with Crippen molar-refractivity contribution in [1.29, 1.82) is 0 Å². The van der Waals surface area contributed by atoms with Crippen molar-refractivity contribution in [3.8, 4) is 0 Å². The molecule has 1 rings (SSSR count). The van der Waals surface area contributed by atoms with Gasteiger partial charge >= 0.3 is 0 Å². The Balaban J connectivity index is 2.83. The van der Waals surface area contributed by atoms with E-state index in [-0.39, 0.29) is 18.4 Å². The average Bonchev–Trinajstić information content (AvgIpc) is 2.44. The number of anilines is 3. The summed E-state index contributed by atoms with van der Waals surface area (Å²) in [6.07, 6.45) is 0.896. The lowest BCUT2D eigenvalue weighted by molar-refractivity contribution is -0.119. The molecule has 0 aliphatic rings. The Morgan fingerprint density at radius 1 is 1.20 bits per heavy atom. The summed E-state index contributed by atoms with van der Waals surface area (Å²) in [7, 11) is 5.36. The van der Waals surface area contributed by atoms with Gasteiger partial charge in [-0.15, -0.1) is 0 Å². The fourth-order valence-electron chi connectivity index (χ4n) is 1.40. The predicted octanol–water partition coefficient (Wildman–Crippen LogP) is -0.814. The molecule has 0 spiro atoms. The molecule has 1 heterocycles. The minimum absolute atomic E-state index is 0.0802. The minimum Gasteiger partial charge on any atom is -0.355 e. The van der Waals surface area contributed by atoms with Crippen LogP contribution in [-0.2, 0) is 4.79 Å². The first-order valence-electron chi connectivity index (χ1n) is 6.35. The topological polar surface area (TPSA) is 112 Å². The molecule has 0 aliphatic heterocycles. The molecule has 1 aromatic heterocycles. The van der Waals surface area contributed by atoms with Crippen LogP contribution in [0.25, 0.3) is 0 Å². The van der Waals surface area contributed by atoms with Crippen LogP contribution < -0.4 is 26.4 Å². The summed E-state index contributed by atoms with van der Waals surface area (Å²) in [6.45, 7) is 2.82. The van der Waals surface area contributed by atoms with E-state index >= 15 is 0 Å². The second-order valence-corrected chi connectivity index (χ2v) is 4.50. The first kappa shape index (κ1) is 15.9. The van der Waals surface area contributed by atoms with Gasteiger partial charge in [-0.3, -0.25) is 10.2 Å². The molecule has 1 amide bonds. The fraction of sp³-hybridized carbons (Fsp3) is 0.636. The number of nitrogens with one attached hydrogen (secondary N) is 2. The van der Waals surface area contributed by atoms with E-state index in [2.05, 4.69) is 25.7 Å². The lowest BCUT2D eigenvalue weighted by Gasteiger charge is -2.19. The lowest BCUT2D eigenvalue weighted by atomic mass is 10.4. The standard InChI is InChI=1S/C11H22N8O/c1-5-6-13-8(20)7-19(4)11-15-9(17-12)14-10(16-11)18(2)3/h5-7,12H2,1-4H3,(H,13,20)(H,14,15,16,17). The monoisotopic (exact) mass is 282 g/mol. The highest BCUT2D eigenvalue weighted by atomic mass is 16.2. The molecule has 0 saturated carbocycles. The molecule has 4 N–H and O–H groups in total. The van der Waals surface area contributed by atoms with Gasteiger partial charge in [0.15, 0.2) is 0 Å². The Bertz CT molecular complexity index is 450. The molecule has 0 aromatic carbocycles. The molecule has 9 nitrogen and oxygen atoms in total. The van der Waals surface area contributed by atoms with Crippen molar-refractivity contribution in [3.05, 3.63) is 0 Å². The number of carbonyl (C=O) groups excluding carboxylic acids is 1. The third-order valence-corrected chi connectivity index (χ3v) is 2.44. The van der Waals surface area contributed by atoms with Crippen LogP contribution in [0.3, 0.4) is 0 Å². The van der Waals surface area contributed by atoms with Crippen LogP contribution in [0.2, 0.25) is 0 Å². The molecule has 20 heavy (non-hydrogen) atoms. The van der Waals surface area contributed by atoms with Crippen molar-refractivity contribution < 1.29 is 4.79 Å². The quantitative estimate of drug-likeness (QED) is 0.439. The number of nitrogen functional groups attached to an aromatic ring is 1. The van der Waals surface area contributed by atoms with Gasteiger partial charge in [-0.25, -0.2) is 5.84 Å². The number of hydrogen-bond donors (Lipinski definition) is 3. The van der Waals surface area contributed by atoms with Crippen molar-refractivity contribution in [2.45, 2.75) is 13.3 Å². The van der Waals surface area contributed by atoms with E-state index in [0.29, 0.717) is 18.4 Å². The molecular formula is C11H22N8O. The van der Waals surface area contributed by atoms with E-state index in [1.165, 1.54) is 0 Å². The predicted molar refractivity (Wildman–Crippen MR) is 78.5 cm³/mol. The van der Waals surface area contributed by atoms with Crippen molar-refractivity contribution >= 4 is 23.8 Å². The third-order valence-electron chi connectivity index (χ3n) is 2.44. The maximum Gasteiger partial charge on any atom is 0.243 e. The van der Waals surface area contributed by atoms with E-state index in [9.17, 15) is 4.79 Å². The number of likely N-dealkylation sites (N-methyl/N-ethyl adjacent to an activating group) is 1. The Morgan fingerprint density at radius 3 is 2.40 bits per heavy atom. The molecule has 9 heteroatoms. The van der Waals surface area contributed by atoms with Gasteiger partial charge < -0.3 is 15.1 Å². The lowest BCUT2D eigenvalue weighted by Crippen LogP contribution is -2.36. The van der Waals surface area contributed by atoms with Gasteiger partial charge in [0.25, 0.3) is 0 Å². The molecule has 0 fully saturated rings. The summed E-state index contributed by atoms with van der Waals surface area (Å²) in [5.41, 5.74) is 2.39. The Morgan fingerprint density at radius 2 is 1.85 bits per heavy atom. The zero-order chi connectivity index (χ0) is 15.1. The van der Waals surface area contributed by atoms with Crippen LogP contribution in [0.15, 0.2) is 0 Å². The van der Waals surface area contributed by atoms with Crippen LogP contribution in [0, 0.1) is 0 Å². The summed E-state index contributed by atoms with van der Waals surface area (Å²) in [5, 5.41) is 2.80. The highest BCUT2D eigenvalue weighted by Crippen LogP contribution is 2.13. The Hall–Kier alpha value is -2.16. The molecule has 0 unspecified atom stereocenters. The maximum absolute atomic E-state index is 11.7. The molecule has 1 aromatic rings. The van der Waals surface area contributed by atoms with Gasteiger partial charge in [0.1, 0.15) is 0 Å². The van der Waals surface area contributed by atoms with Gasteiger partial charge in [0, 0.05) is 27.7 Å².